The van der Waals surface area contributed by atoms with E-state index < -0.39 is 11.2 Å². The molecular formula is C26H19Br2N3O2S. The van der Waals surface area contributed by atoms with Crippen LogP contribution >= 0.6 is 43.6 Å². The van der Waals surface area contributed by atoms with E-state index in [-0.39, 0.29) is 11.5 Å². The van der Waals surface area contributed by atoms with Gasteiger partial charge in [0.1, 0.15) is 16.7 Å². The summed E-state index contributed by atoms with van der Waals surface area (Å²) in [5.41, 5.74) is 3.13. The number of nitriles is 1. The van der Waals surface area contributed by atoms with E-state index in [0.29, 0.717) is 22.8 Å². The van der Waals surface area contributed by atoms with Crippen molar-refractivity contribution >= 4 is 66.8 Å². The van der Waals surface area contributed by atoms with Crippen LogP contribution in [0.15, 0.2) is 92.3 Å². The van der Waals surface area contributed by atoms with Gasteiger partial charge in [0.2, 0.25) is 5.91 Å². The minimum absolute atomic E-state index is 0.0971. The van der Waals surface area contributed by atoms with E-state index in [1.54, 1.807) is 24.3 Å². The maximum Gasteiger partial charge on any atom is 0.269 e. The van der Waals surface area contributed by atoms with Crippen LogP contribution in [0.2, 0.25) is 0 Å². The number of aryl methyl sites for hydroxylation is 1. The van der Waals surface area contributed by atoms with Crippen molar-refractivity contribution in [2.24, 2.45) is 0 Å². The van der Waals surface area contributed by atoms with E-state index >= 15 is 0 Å². The van der Waals surface area contributed by atoms with Crippen LogP contribution in [0.4, 0.5) is 11.4 Å². The molecule has 0 spiro atoms. The molecule has 1 N–H and O–H groups in total. The molecule has 1 heterocycles. The number of halogens is 2. The fraction of sp³-hybridized carbons (Fsp3) is 0.115. The van der Waals surface area contributed by atoms with Crippen molar-refractivity contribution in [2.75, 3.05) is 10.2 Å². The summed E-state index contributed by atoms with van der Waals surface area (Å²) < 4.78 is 1.84. The van der Waals surface area contributed by atoms with Crippen molar-refractivity contribution in [1.82, 2.24) is 0 Å². The molecule has 1 aliphatic heterocycles. The average Bonchev–Trinajstić information content (AvgIpc) is 3.13. The van der Waals surface area contributed by atoms with Gasteiger partial charge < -0.3 is 5.32 Å². The van der Waals surface area contributed by atoms with E-state index in [4.69, 9.17) is 0 Å². The Morgan fingerprint density at radius 1 is 1.00 bits per heavy atom. The summed E-state index contributed by atoms with van der Waals surface area (Å²) in [6, 6.07) is 24.4. The van der Waals surface area contributed by atoms with Crippen molar-refractivity contribution in [3.63, 3.8) is 0 Å². The lowest BCUT2D eigenvalue weighted by atomic mass is 10.1. The maximum atomic E-state index is 13.5. The lowest BCUT2D eigenvalue weighted by Crippen LogP contribution is -2.30. The van der Waals surface area contributed by atoms with Crippen LogP contribution in [0.3, 0.4) is 0 Å². The molecule has 170 valence electrons. The molecule has 1 saturated heterocycles. The smallest absolute Gasteiger partial charge is 0.269 e. The first kappa shape index (κ1) is 24.3. The second-order valence-corrected chi connectivity index (χ2v) is 10.7. The molecule has 2 amide bonds. The van der Waals surface area contributed by atoms with Crippen LogP contribution in [0.5, 0.6) is 0 Å². The largest absolute Gasteiger partial charge is 0.321 e. The summed E-state index contributed by atoms with van der Waals surface area (Å²) in [7, 11) is 0. The molecule has 0 bridgehead atoms. The lowest BCUT2D eigenvalue weighted by molar-refractivity contribution is -0.117. The van der Waals surface area contributed by atoms with Crippen LogP contribution in [0.25, 0.3) is 0 Å². The van der Waals surface area contributed by atoms with Crippen molar-refractivity contribution < 1.29 is 9.59 Å². The molecule has 3 aromatic carbocycles. The van der Waals surface area contributed by atoms with Crippen LogP contribution < -0.4 is 10.2 Å². The molecule has 4 rings (SSSR count). The van der Waals surface area contributed by atoms with E-state index in [1.165, 1.54) is 16.7 Å². The number of hydrogen-bond donors (Lipinski definition) is 1. The van der Waals surface area contributed by atoms with Gasteiger partial charge in [-0.2, -0.15) is 5.26 Å². The molecule has 34 heavy (non-hydrogen) atoms. The van der Waals surface area contributed by atoms with Gasteiger partial charge in [-0.25, -0.2) is 0 Å². The number of rotatable bonds is 5. The first-order chi connectivity index (χ1) is 16.4. The van der Waals surface area contributed by atoms with Gasteiger partial charge in [0.05, 0.1) is 5.25 Å². The van der Waals surface area contributed by atoms with Gasteiger partial charge in [-0.05, 0) is 67.4 Å². The topological polar surface area (TPSA) is 73.2 Å². The summed E-state index contributed by atoms with van der Waals surface area (Å²) in [6.07, 6.45) is 0.482. The number of benzene rings is 3. The number of carbonyl (C=O) groups is 2. The predicted molar refractivity (Wildman–Crippen MR) is 143 cm³/mol. The Labute approximate surface area is 219 Å². The summed E-state index contributed by atoms with van der Waals surface area (Å²) >= 11 is 8.05. The zero-order chi connectivity index (χ0) is 24.2. The number of carbonyl (C=O) groups excluding carboxylic acids is 2. The molecule has 3 aromatic rings. The predicted octanol–water partition coefficient (Wildman–Crippen LogP) is 6.59. The molecule has 0 radical (unpaired) electrons. The van der Waals surface area contributed by atoms with Crippen molar-refractivity contribution in [3.05, 3.63) is 103 Å². The number of nitrogens with zero attached hydrogens (tertiary/aromatic N) is 2. The number of anilines is 2. The molecule has 8 heteroatoms. The molecule has 1 fully saturated rings. The molecule has 0 aromatic heterocycles. The number of nitrogens with one attached hydrogen (secondary N) is 1. The Hall–Kier alpha value is -2.86. The van der Waals surface area contributed by atoms with E-state index in [1.807, 2.05) is 61.5 Å². The molecule has 0 aliphatic carbocycles. The summed E-state index contributed by atoms with van der Waals surface area (Å²) in [5.74, 6) is -0.711. The highest BCUT2D eigenvalue weighted by Gasteiger charge is 2.40. The maximum absolute atomic E-state index is 13.5. The van der Waals surface area contributed by atoms with Crippen molar-refractivity contribution in [1.29, 1.82) is 5.26 Å². The fourth-order valence-electron chi connectivity index (χ4n) is 3.48. The molecule has 1 atom stereocenters. The monoisotopic (exact) mass is 595 g/mol. The van der Waals surface area contributed by atoms with Crippen molar-refractivity contribution in [3.8, 4) is 6.07 Å². The zero-order valence-corrected chi connectivity index (χ0v) is 22.1. The summed E-state index contributed by atoms with van der Waals surface area (Å²) in [5, 5.41) is 12.6. The van der Waals surface area contributed by atoms with Gasteiger partial charge in [0.25, 0.3) is 5.91 Å². The molecule has 0 saturated carbocycles. The normalized spacial score (nSPS) is 16.8. The van der Waals surface area contributed by atoms with Gasteiger partial charge in [-0.3, -0.25) is 14.5 Å². The van der Waals surface area contributed by atoms with E-state index in [2.05, 4.69) is 37.2 Å². The summed E-state index contributed by atoms with van der Waals surface area (Å²) in [6.45, 7) is 1.96. The lowest BCUT2D eigenvalue weighted by Gasteiger charge is -2.19. The van der Waals surface area contributed by atoms with Gasteiger partial charge in [0, 0.05) is 20.3 Å². The SMILES string of the molecule is Cc1ccc(N2C(=O)[C@@H](Cc3ccc(Br)cc3)S/C2=C(/C#N)C(=O)Nc2ccc(Br)cc2)cc1. The Morgan fingerprint density at radius 3 is 2.18 bits per heavy atom. The molecule has 5 nitrogen and oxygen atoms in total. The minimum Gasteiger partial charge on any atom is -0.321 e. The van der Waals surface area contributed by atoms with Crippen LogP contribution in [-0.4, -0.2) is 17.1 Å². The van der Waals surface area contributed by atoms with E-state index in [0.717, 1.165) is 20.1 Å². The van der Waals surface area contributed by atoms with Gasteiger partial charge >= 0.3 is 0 Å². The molecule has 0 unspecified atom stereocenters. The van der Waals surface area contributed by atoms with E-state index in [9.17, 15) is 14.9 Å². The summed E-state index contributed by atoms with van der Waals surface area (Å²) in [4.78, 5) is 28.1. The second kappa shape index (κ2) is 10.6. The van der Waals surface area contributed by atoms with Crippen LogP contribution in [0.1, 0.15) is 11.1 Å². The molecular weight excluding hydrogens is 578 g/mol. The van der Waals surface area contributed by atoms with Crippen LogP contribution in [-0.2, 0) is 16.0 Å². The Morgan fingerprint density at radius 2 is 1.59 bits per heavy atom. The number of hydrogen-bond acceptors (Lipinski definition) is 4. The quantitative estimate of drug-likeness (QED) is 0.266. The highest BCUT2D eigenvalue weighted by atomic mass is 79.9. The van der Waals surface area contributed by atoms with Gasteiger partial charge in [-0.1, -0.05) is 73.5 Å². The first-order valence-electron chi connectivity index (χ1n) is 10.4. The van der Waals surface area contributed by atoms with Gasteiger partial charge in [-0.15, -0.1) is 0 Å². The van der Waals surface area contributed by atoms with Crippen LogP contribution in [0, 0.1) is 18.3 Å². The third kappa shape index (κ3) is 5.44. The standard InChI is InChI=1S/C26H19Br2N3O2S/c1-16-2-12-21(13-3-16)31-25(33)23(14-17-4-6-18(27)7-5-17)34-26(31)22(15-29)24(32)30-20-10-8-19(28)9-11-20/h2-13,23H,14H2,1H3,(H,30,32)/b26-22-/t23-/m1/s1. The zero-order valence-electron chi connectivity index (χ0n) is 18.1. The average molecular weight is 597 g/mol. The highest BCUT2D eigenvalue weighted by Crippen LogP contribution is 2.42. The molecule has 1 aliphatic rings. The minimum atomic E-state index is -0.554. The first-order valence-corrected chi connectivity index (χ1v) is 12.9. The Kier molecular flexibility index (Phi) is 7.57. The Bertz CT molecular complexity index is 1300. The second-order valence-electron chi connectivity index (χ2n) is 7.70. The van der Waals surface area contributed by atoms with Gasteiger partial charge in [0.15, 0.2) is 0 Å². The number of amides is 2. The third-order valence-corrected chi connectivity index (χ3v) is 7.55. The highest BCUT2D eigenvalue weighted by molar-refractivity contribution is 9.10. The number of thioether (sulfide) groups is 1. The fourth-order valence-corrected chi connectivity index (χ4v) is 5.31. The third-order valence-electron chi connectivity index (χ3n) is 5.23. The Balaban J connectivity index is 1.71. The van der Waals surface area contributed by atoms with Crippen molar-refractivity contribution in [2.45, 2.75) is 18.6 Å².